The Bertz CT molecular complexity index is 990. The quantitative estimate of drug-likeness (QED) is 0.766. The normalized spacial score (nSPS) is 12.0. The summed E-state index contributed by atoms with van der Waals surface area (Å²) in [4.78, 5) is 25.7. The number of nitrogens with one attached hydrogen (secondary N) is 1. The Labute approximate surface area is 152 Å². The number of methoxy groups -OCH3 is 1. The van der Waals surface area contributed by atoms with E-state index in [4.69, 9.17) is 4.74 Å². The van der Waals surface area contributed by atoms with E-state index in [0.717, 1.165) is 6.42 Å². The molecule has 2 aromatic carbocycles. The van der Waals surface area contributed by atoms with Gasteiger partial charge < -0.3 is 10.1 Å². The van der Waals surface area contributed by atoms with Crippen molar-refractivity contribution >= 4 is 16.7 Å². The van der Waals surface area contributed by atoms with Crippen LogP contribution in [0.4, 0.5) is 0 Å². The molecule has 0 radical (unpaired) electrons. The summed E-state index contributed by atoms with van der Waals surface area (Å²) in [6, 6.07) is 14.4. The number of fused-ring (bicyclic) bond motifs is 1. The number of pyridine rings is 1. The van der Waals surface area contributed by atoms with Crippen LogP contribution in [-0.4, -0.2) is 23.6 Å². The van der Waals surface area contributed by atoms with Crippen LogP contribution in [0.1, 0.15) is 30.6 Å². The van der Waals surface area contributed by atoms with Crippen molar-refractivity contribution in [3.05, 3.63) is 70.6 Å². The second-order valence-electron chi connectivity index (χ2n) is 6.24. The van der Waals surface area contributed by atoms with Crippen molar-refractivity contribution in [2.24, 2.45) is 0 Å². The maximum Gasteiger partial charge on any atom is 0.262 e. The molecule has 134 valence electrons. The highest BCUT2D eigenvalue weighted by atomic mass is 16.5. The number of amides is 1. The van der Waals surface area contributed by atoms with Crippen LogP contribution in [0.25, 0.3) is 16.5 Å². The first kappa shape index (κ1) is 17.7. The van der Waals surface area contributed by atoms with Crippen molar-refractivity contribution in [1.82, 2.24) is 9.88 Å². The summed E-state index contributed by atoms with van der Waals surface area (Å²) in [5.41, 5.74) is 1.00. The summed E-state index contributed by atoms with van der Waals surface area (Å²) in [6.07, 6.45) is 2.45. The summed E-state index contributed by atoms with van der Waals surface area (Å²) >= 11 is 0. The molecule has 1 N–H and O–H groups in total. The maximum atomic E-state index is 12.9. The summed E-state index contributed by atoms with van der Waals surface area (Å²) in [5.74, 6) is 0.523. The Kier molecular flexibility index (Phi) is 5.07. The lowest BCUT2D eigenvalue weighted by atomic mass is 10.1. The van der Waals surface area contributed by atoms with Crippen LogP contribution in [-0.2, 0) is 0 Å². The van der Waals surface area contributed by atoms with Crippen LogP contribution < -0.4 is 15.6 Å². The molecule has 26 heavy (non-hydrogen) atoms. The number of benzene rings is 2. The van der Waals surface area contributed by atoms with Gasteiger partial charge in [0.15, 0.2) is 0 Å². The van der Waals surface area contributed by atoms with E-state index in [-0.39, 0.29) is 17.5 Å². The van der Waals surface area contributed by atoms with E-state index in [9.17, 15) is 9.59 Å². The lowest BCUT2D eigenvalue weighted by Crippen LogP contribution is -2.33. The predicted octanol–water partition coefficient (Wildman–Crippen LogP) is 3.53. The third-order valence-corrected chi connectivity index (χ3v) is 4.51. The lowest BCUT2D eigenvalue weighted by Gasteiger charge is -2.15. The molecule has 1 heterocycles. The van der Waals surface area contributed by atoms with Crippen LogP contribution in [0.15, 0.2) is 59.5 Å². The SMILES string of the molecule is CCC(C)NC(=O)c1cn(-c2ccc(OC)cc2)c(=O)c2ccccc12. The minimum Gasteiger partial charge on any atom is -0.497 e. The standard InChI is InChI=1S/C21H22N2O3/c1-4-14(2)22-20(24)19-13-23(15-9-11-16(26-3)12-10-15)21(25)18-8-6-5-7-17(18)19/h5-14H,4H2,1-3H3,(H,22,24). The van der Waals surface area contributed by atoms with Crippen LogP contribution in [0, 0.1) is 0 Å². The number of aromatic nitrogens is 1. The first-order valence-corrected chi connectivity index (χ1v) is 8.64. The third kappa shape index (κ3) is 3.33. The third-order valence-electron chi connectivity index (χ3n) is 4.51. The second-order valence-corrected chi connectivity index (χ2v) is 6.24. The van der Waals surface area contributed by atoms with Crippen LogP contribution in [0.3, 0.4) is 0 Å². The summed E-state index contributed by atoms with van der Waals surface area (Å²) in [7, 11) is 1.59. The van der Waals surface area contributed by atoms with Gasteiger partial charge >= 0.3 is 0 Å². The monoisotopic (exact) mass is 350 g/mol. The summed E-state index contributed by atoms with van der Waals surface area (Å²) in [6.45, 7) is 3.97. The molecule has 1 atom stereocenters. The molecule has 0 fully saturated rings. The summed E-state index contributed by atoms with van der Waals surface area (Å²) < 4.78 is 6.68. The van der Waals surface area contributed by atoms with Gasteiger partial charge in [0.2, 0.25) is 0 Å². The highest BCUT2D eigenvalue weighted by Gasteiger charge is 2.16. The van der Waals surface area contributed by atoms with Crippen molar-refractivity contribution in [2.45, 2.75) is 26.3 Å². The smallest absolute Gasteiger partial charge is 0.262 e. The van der Waals surface area contributed by atoms with E-state index in [0.29, 0.717) is 27.8 Å². The van der Waals surface area contributed by atoms with Gasteiger partial charge in [0.1, 0.15) is 5.75 Å². The lowest BCUT2D eigenvalue weighted by molar-refractivity contribution is 0.0940. The van der Waals surface area contributed by atoms with Crippen LogP contribution >= 0.6 is 0 Å². The maximum absolute atomic E-state index is 12.9. The van der Waals surface area contributed by atoms with Crippen molar-refractivity contribution in [2.75, 3.05) is 7.11 Å². The second kappa shape index (κ2) is 7.44. The summed E-state index contributed by atoms with van der Waals surface area (Å²) in [5, 5.41) is 4.15. The molecule has 0 saturated carbocycles. The Morgan fingerprint density at radius 2 is 1.77 bits per heavy atom. The highest BCUT2D eigenvalue weighted by molar-refractivity contribution is 6.06. The number of hydrogen-bond donors (Lipinski definition) is 1. The van der Waals surface area contributed by atoms with Gasteiger partial charge in [-0.2, -0.15) is 0 Å². The van der Waals surface area contributed by atoms with Gasteiger partial charge in [-0.3, -0.25) is 14.2 Å². The molecule has 0 aliphatic rings. The molecule has 0 bridgehead atoms. The largest absolute Gasteiger partial charge is 0.497 e. The average molecular weight is 350 g/mol. The number of carbonyl (C=O) groups is 1. The van der Waals surface area contributed by atoms with Crippen molar-refractivity contribution in [3.63, 3.8) is 0 Å². The zero-order valence-electron chi connectivity index (χ0n) is 15.2. The molecule has 0 aliphatic heterocycles. The molecular weight excluding hydrogens is 328 g/mol. The van der Waals surface area contributed by atoms with E-state index in [1.165, 1.54) is 4.57 Å². The topological polar surface area (TPSA) is 60.3 Å². The first-order valence-electron chi connectivity index (χ1n) is 8.64. The molecule has 3 aromatic rings. The van der Waals surface area contributed by atoms with Gasteiger partial charge in [-0.15, -0.1) is 0 Å². The fourth-order valence-electron chi connectivity index (χ4n) is 2.81. The molecule has 5 heteroatoms. The van der Waals surface area contributed by atoms with Crippen molar-refractivity contribution < 1.29 is 9.53 Å². The number of hydrogen-bond acceptors (Lipinski definition) is 3. The van der Waals surface area contributed by atoms with E-state index in [2.05, 4.69) is 5.32 Å². The van der Waals surface area contributed by atoms with E-state index < -0.39 is 0 Å². The van der Waals surface area contributed by atoms with Gasteiger partial charge in [-0.25, -0.2) is 0 Å². The Morgan fingerprint density at radius 1 is 1.12 bits per heavy atom. The molecule has 1 unspecified atom stereocenters. The van der Waals surface area contributed by atoms with E-state index >= 15 is 0 Å². The molecule has 1 aromatic heterocycles. The zero-order valence-corrected chi connectivity index (χ0v) is 15.2. The van der Waals surface area contributed by atoms with Gasteiger partial charge in [-0.1, -0.05) is 25.1 Å². The minimum absolute atomic E-state index is 0.0580. The van der Waals surface area contributed by atoms with Crippen LogP contribution in [0.5, 0.6) is 5.75 Å². The fourth-order valence-corrected chi connectivity index (χ4v) is 2.81. The Balaban J connectivity index is 2.19. The van der Waals surface area contributed by atoms with Gasteiger partial charge in [0.05, 0.1) is 12.7 Å². The fraction of sp³-hybridized carbons (Fsp3) is 0.238. The first-order chi connectivity index (χ1) is 12.5. The van der Waals surface area contributed by atoms with Gasteiger partial charge in [-0.05, 0) is 43.7 Å². The number of carbonyl (C=O) groups excluding carboxylic acids is 1. The highest BCUT2D eigenvalue weighted by Crippen LogP contribution is 2.19. The van der Waals surface area contributed by atoms with E-state index in [1.54, 1.807) is 55.8 Å². The van der Waals surface area contributed by atoms with Crippen LogP contribution in [0.2, 0.25) is 0 Å². The van der Waals surface area contributed by atoms with Crippen molar-refractivity contribution in [3.8, 4) is 11.4 Å². The molecule has 5 nitrogen and oxygen atoms in total. The number of nitrogens with zero attached hydrogens (tertiary/aromatic N) is 1. The average Bonchev–Trinajstić information content (AvgIpc) is 2.68. The predicted molar refractivity (Wildman–Crippen MR) is 103 cm³/mol. The molecule has 3 rings (SSSR count). The number of ether oxygens (including phenoxy) is 1. The molecule has 0 aliphatic carbocycles. The Morgan fingerprint density at radius 3 is 2.38 bits per heavy atom. The van der Waals surface area contributed by atoms with Crippen molar-refractivity contribution in [1.29, 1.82) is 0 Å². The molecule has 1 amide bonds. The molecular formula is C21H22N2O3. The van der Waals surface area contributed by atoms with Gasteiger partial charge in [0.25, 0.3) is 11.5 Å². The van der Waals surface area contributed by atoms with E-state index in [1.807, 2.05) is 19.9 Å². The zero-order chi connectivity index (χ0) is 18.7. The van der Waals surface area contributed by atoms with Gasteiger partial charge in [0, 0.05) is 28.7 Å². The minimum atomic E-state index is -0.183. The molecule has 0 spiro atoms. The number of rotatable bonds is 5. The molecule has 0 saturated heterocycles. The Hall–Kier alpha value is -3.08.